The number of hydrogen-bond acceptors (Lipinski definition) is 4. The Morgan fingerprint density at radius 2 is 2.35 bits per heavy atom. The number of rotatable bonds is 6. The molecule has 0 aromatic carbocycles. The Morgan fingerprint density at radius 3 is 3.00 bits per heavy atom. The highest BCUT2D eigenvalue weighted by atomic mass is 16.5. The van der Waals surface area contributed by atoms with E-state index < -0.39 is 0 Å². The molecular weight excluding hydrogens is 220 g/mol. The summed E-state index contributed by atoms with van der Waals surface area (Å²) >= 11 is 0. The molecule has 1 fully saturated rings. The summed E-state index contributed by atoms with van der Waals surface area (Å²) in [4.78, 5) is 11.2. The van der Waals surface area contributed by atoms with Crippen molar-refractivity contribution in [2.75, 3.05) is 32.8 Å². The minimum absolute atomic E-state index is 0.0375. The summed E-state index contributed by atoms with van der Waals surface area (Å²) in [5.41, 5.74) is -0.133. The van der Waals surface area contributed by atoms with Crippen LogP contribution in [0.5, 0.6) is 0 Å². The van der Waals surface area contributed by atoms with E-state index >= 15 is 0 Å². The Kier molecular flexibility index (Phi) is 5.88. The molecule has 0 spiro atoms. The van der Waals surface area contributed by atoms with E-state index in [1.807, 2.05) is 6.92 Å². The molecule has 5 heteroatoms. The maximum Gasteiger partial charge on any atom is 0.222 e. The first-order valence-corrected chi connectivity index (χ1v) is 6.26. The molecule has 1 amide bonds. The van der Waals surface area contributed by atoms with Crippen LogP contribution in [0.25, 0.3) is 0 Å². The highest BCUT2D eigenvalue weighted by molar-refractivity contribution is 5.75. The first kappa shape index (κ1) is 14.4. The molecule has 0 aliphatic carbocycles. The van der Waals surface area contributed by atoms with E-state index in [4.69, 9.17) is 9.47 Å². The number of ether oxygens (including phenoxy) is 2. The largest absolute Gasteiger partial charge is 0.378 e. The van der Waals surface area contributed by atoms with Crippen molar-refractivity contribution in [3.05, 3.63) is 0 Å². The van der Waals surface area contributed by atoms with Crippen molar-refractivity contribution in [3.63, 3.8) is 0 Å². The van der Waals surface area contributed by atoms with Crippen LogP contribution in [0.1, 0.15) is 27.2 Å². The predicted octanol–water partition coefficient (Wildman–Crippen LogP) is 0.296. The van der Waals surface area contributed by atoms with Crippen LogP contribution in [0, 0.1) is 0 Å². The van der Waals surface area contributed by atoms with E-state index in [-0.39, 0.29) is 17.6 Å². The second-order valence-corrected chi connectivity index (χ2v) is 4.91. The van der Waals surface area contributed by atoms with Crippen LogP contribution in [0.15, 0.2) is 0 Å². The second-order valence-electron chi connectivity index (χ2n) is 4.91. The molecule has 0 radical (unpaired) electrons. The van der Waals surface area contributed by atoms with Gasteiger partial charge in [-0.3, -0.25) is 4.79 Å². The molecule has 1 aliphatic rings. The third kappa shape index (κ3) is 6.00. The molecule has 2 N–H and O–H groups in total. The van der Waals surface area contributed by atoms with Gasteiger partial charge in [-0.15, -0.1) is 0 Å². The molecule has 0 bridgehead atoms. The van der Waals surface area contributed by atoms with Gasteiger partial charge in [-0.1, -0.05) is 0 Å². The van der Waals surface area contributed by atoms with Crippen molar-refractivity contribution in [2.45, 2.75) is 38.9 Å². The Bertz CT molecular complexity index is 244. The summed E-state index contributed by atoms with van der Waals surface area (Å²) in [6.07, 6.45) is 0.491. The zero-order valence-corrected chi connectivity index (χ0v) is 11.0. The van der Waals surface area contributed by atoms with E-state index in [1.54, 1.807) is 0 Å². The average molecular weight is 244 g/mol. The fourth-order valence-electron chi connectivity index (χ4n) is 1.83. The Balaban J connectivity index is 2.08. The highest BCUT2D eigenvalue weighted by Crippen LogP contribution is 2.15. The predicted molar refractivity (Wildman–Crippen MR) is 65.9 cm³/mol. The van der Waals surface area contributed by atoms with Gasteiger partial charge in [-0.25, -0.2) is 0 Å². The lowest BCUT2D eigenvalue weighted by Gasteiger charge is -2.36. The molecule has 0 aromatic rings. The third-order valence-corrected chi connectivity index (χ3v) is 2.56. The number of nitrogens with one attached hydrogen (secondary N) is 2. The lowest BCUT2D eigenvalue weighted by atomic mass is 10.1. The lowest BCUT2D eigenvalue weighted by molar-refractivity contribution is -0.128. The zero-order chi connectivity index (χ0) is 12.7. The molecule has 0 saturated carbocycles. The summed E-state index contributed by atoms with van der Waals surface area (Å²) in [6, 6.07) is 0. The van der Waals surface area contributed by atoms with Crippen LogP contribution in [0.2, 0.25) is 0 Å². The molecule has 5 nitrogen and oxygen atoms in total. The standard InChI is InChI=1S/C12H24N2O3/c1-4-14-11(15)5-6-16-8-10-7-13-9-12(2,3)17-10/h10,13H,4-9H2,1-3H3,(H,14,15). The number of morpholine rings is 1. The van der Waals surface area contributed by atoms with Crippen LogP contribution in [0.3, 0.4) is 0 Å². The maximum atomic E-state index is 11.2. The number of amides is 1. The van der Waals surface area contributed by atoms with Gasteiger partial charge in [0.1, 0.15) is 0 Å². The van der Waals surface area contributed by atoms with Crippen LogP contribution < -0.4 is 10.6 Å². The summed E-state index contributed by atoms with van der Waals surface area (Å²) in [5, 5.41) is 6.05. The highest BCUT2D eigenvalue weighted by Gasteiger charge is 2.28. The van der Waals surface area contributed by atoms with E-state index in [0.717, 1.165) is 13.1 Å². The Morgan fingerprint density at radius 1 is 1.59 bits per heavy atom. The third-order valence-electron chi connectivity index (χ3n) is 2.56. The molecule has 100 valence electrons. The molecule has 1 heterocycles. The van der Waals surface area contributed by atoms with Gasteiger partial charge in [0.15, 0.2) is 0 Å². The van der Waals surface area contributed by atoms with Crippen molar-refractivity contribution >= 4 is 5.91 Å². The fraction of sp³-hybridized carbons (Fsp3) is 0.917. The molecule has 1 unspecified atom stereocenters. The zero-order valence-electron chi connectivity index (χ0n) is 11.0. The number of hydrogen-bond donors (Lipinski definition) is 2. The van der Waals surface area contributed by atoms with Crippen molar-refractivity contribution in [1.29, 1.82) is 0 Å². The maximum absolute atomic E-state index is 11.2. The SMILES string of the molecule is CCNC(=O)CCOCC1CNCC(C)(C)O1. The van der Waals surface area contributed by atoms with Gasteiger partial charge >= 0.3 is 0 Å². The summed E-state index contributed by atoms with van der Waals surface area (Å²) in [6.45, 7) is 9.35. The second kappa shape index (κ2) is 6.93. The number of carbonyl (C=O) groups excluding carboxylic acids is 1. The van der Waals surface area contributed by atoms with Crippen molar-refractivity contribution in [1.82, 2.24) is 10.6 Å². The van der Waals surface area contributed by atoms with Gasteiger partial charge < -0.3 is 20.1 Å². The van der Waals surface area contributed by atoms with Crippen LogP contribution >= 0.6 is 0 Å². The quantitative estimate of drug-likeness (QED) is 0.660. The van der Waals surface area contributed by atoms with Gasteiger partial charge in [-0.2, -0.15) is 0 Å². The molecule has 1 saturated heterocycles. The summed E-state index contributed by atoms with van der Waals surface area (Å²) < 4.78 is 11.3. The molecule has 17 heavy (non-hydrogen) atoms. The van der Waals surface area contributed by atoms with E-state index in [2.05, 4.69) is 24.5 Å². The first-order valence-electron chi connectivity index (χ1n) is 6.26. The van der Waals surface area contributed by atoms with Crippen molar-refractivity contribution in [3.8, 4) is 0 Å². The van der Waals surface area contributed by atoms with E-state index in [0.29, 0.717) is 26.2 Å². The fourth-order valence-corrected chi connectivity index (χ4v) is 1.83. The Labute approximate surface area is 103 Å². The topological polar surface area (TPSA) is 59.6 Å². The summed E-state index contributed by atoms with van der Waals surface area (Å²) in [7, 11) is 0. The van der Waals surface area contributed by atoms with E-state index in [9.17, 15) is 4.79 Å². The average Bonchev–Trinajstić information content (AvgIpc) is 2.23. The minimum atomic E-state index is -0.133. The molecule has 0 aromatic heterocycles. The van der Waals surface area contributed by atoms with Gasteiger partial charge in [0.25, 0.3) is 0 Å². The molecule has 1 aliphatic heterocycles. The van der Waals surface area contributed by atoms with Crippen LogP contribution in [-0.4, -0.2) is 50.5 Å². The number of carbonyl (C=O) groups is 1. The van der Waals surface area contributed by atoms with Gasteiger partial charge in [-0.05, 0) is 20.8 Å². The lowest BCUT2D eigenvalue weighted by Crippen LogP contribution is -2.51. The Hall–Kier alpha value is -0.650. The molecular formula is C12H24N2O3. The smallest absolute Gasteiger partial charge is 0.222 e. The monoisotopic (exact) mass is 244 g/mol. The normalized spacial score (nSPS) is 23.4. The first-order chi connectivity index (χ1) is 8.03. The van der Waals surface area contributed by atoms with E-state index in [1.165, 1.54) is 0 Å². The van der Waals surface area contributed by atoms with Crippen molar-refractivity contribution < 1.29 is 14.3 Å². The minimum Gasteiger partial charge on any atom is -0.378 e. The van der Waals surface area contributed by atoms with Gasteiger partial charge in [0.05, 0.1) is 24.9 Å². The van der Waals surface area contributed by atoms with Crippen LogP contribution in [0.4, 0.5) is 0 Å². The van der Waals surface area contributed by atoms with Crippen LogP contribution in [-0.2, 0) is 14.3 Å². The van der Waals surface area contributed by atoms with Crippen molar-refractivity contribution in [2.24, 2.45) is 0 Å². The molecule has 1 atom stereocenters. The van der Waals surface area contributed by atoms with Gasteiger partial charge in [0.2, 0.25) is 5.91 Å². The molecule has 1 rings (SSSR count). The summed E-state index contributed by atoms with van der Waals surface area (Å²) in [5.74, 6) is 0.0375. The van der Waals surface area contributed by atoms with Gasteiger partial charge in [0, 0.05) is 26.1 Å².